The van der Waals surface area contributed by atoms with Crippen LogP contribution in [0.25, 0.3) is 0 Å². The molecule has 1 heterocycles. The third kappa shape index (κ3) is 3.98. The first-order valence-corrected chi connectivity index (χ1v) is 7.33. The Morgan fingerprint density at radius 2 is 2.18 bits per heavy atom. The van der Waals surface area contributed by atoms with E-state index in [1.807, 2.05) is 0 Å². The molecule has 2 atom stereocenters. The number of hydrogen-bond donors (Lipinski definition) is 3. The van der Waals surface area contributed by atoms with E-state index in [1.54, 1.807) is 19.1 Å². The summed E-state index contributed by atoms with van der Waals surface area (Å²) in [5.74, 6) is -2.23. The summed E-state index contributed by atoms with van der Waals surface area (Å²) in [6.45, 7) is 2.33. The van der Waals surface area contributed by atoms with Crippen molar-refractivity contribution in [3.8, 4) is 0 Å². The molecule has 1 aliphatic heterocycles. The van der Waals surface area contributed by atoms with Gasteiger partial charge in [0.1, 0.15) is 6.04 Å². The van der Waals surface area contributed by atoms with E-state index in [0.717, 1.165) is 5.56 Å². The van der Waals surface area contributed by atoms with Crippen molar-refractivity contribution < 1.29 is 19.5 Å². The lowest BCUT2D eigenvalue weighted by Gasteiger charge is -2.17. The summed E-state index contributed by atoms with van der Waals surface area (Å²) in [5.41, 5.74) is 1.10. The molecule has 2 rings (SSSR count). The molecule has 0 unspecified atom stereocenters. The number of carbonyl (C=O) groups is 3. The Morgan fingerprint density at radius 3 is 2.73 bits per heavy atom. The molecule has 1 aromatic rings. The smallest absolute Gasteiger partial charge is 0.326 e. The average Bonchev–Trinajstić information content (AvgIpc) is 2.82. The van der Waals surface area contributed by atoms with E-state index < -0.39 is 17.9 Å². The van der Waals surface area contributed by atoms with Gasteiger partial charge in [-0.1, -0.05) is 11.6 Å². The summed E-state index contributed by atoms with van der Waals surface area (Å²) < 4.78 is 0. The number of hydrogen-bond acceptors (Lipinski definition) is 3. The third-order valence-corrected chi connectivity index (χ3v) is 3.81. The van der Waals surface area contributed by atoms with Crippen LogP contribution in [0.15, 0.2) is 18.2 Å². The number of rotatable bonds is 5. The molecule has 0 spiro atoms. The van der Waals surface area contributed by atoms with E-state index in [1.165, 1.54) is 6.07 Å². The van der Waals surface area contributed by atoms with E-state index in [9.17, 15) is 19.5 Å². The molecule has 6 nitrogen and oxygen atoms in total. The number of aryl methyl sites for hydroxylation is 1. The molecule has 22 heavy (non-hydrogen) atoms. The van der Waals surface area contributed by atoms with Gasteiger partial charge in [-0.3, -0.25) is 9.59 Å². The Labute approximate surface area is 132 Å². The molecule has 0 saturated carbocycles. The van der Waals surface area contributed by atoms with Crippen LogP contribution in [0.4, 0.5) is 0 Å². The van der Waals surface area contributed by atoms with E-state index in [-0.39, 0.29) is 18.2 Å². The number of nitrogens with one attached hydrogen (secondary N) is 2. The molecule has 0 aromatic heterocycles. The highest BCUT2D eigenvalue weighted by Gasteiger charge is 2.31. The average molecular weight is 325 g/mol. The van der Waals surface area contributed by atoms with Crippen molar-refractivity contribution in [2.24, 2.45) is 5.92 Å². The predicted octanol–water partition coefficient (Wildman–Crippen LogP) is 1.36. The zero-order valence-electron chi connectivity index (χ0n) is 12.1. The van der Waals surface area contributed by atoms with Gasteiger partial charge < -0.3 is 15.7 Å². The van der Waals surface area contributed by atoms with Gasteiger partial charge in [0, 0.05) is 23.0 Å². The lowest BCUT2D eigenvalue weighted by Crippen LogP contribution is -2.42. The fourth-order valence-corrected chi connectivity index (χ4v) is 2.77. The number of halogens is 1. The number of carboxylic acid groups (broad SMARTS) is 1. The van der Waals surface area contributed by atoms with Crippen molar-refractivity contribution in [1.82, 2.24) is 10.6 Å². The van der Waals surface area contributed by atoms with Crippen LogP contribution in [0.1, 0.15) is 28.8 Å². The number of carboxylic acids is 1. The molecule has 1 aliphatic rings. The minimum Gasteiger partial charge on any atom is -0.480 e. The quantitative estimate of drug-likeness (QED) is 0.762. The molecule has 3 N–H and O–H groups in total. The molecule has 7 heteroatoms. The highest BCUT2D eigenvalue weighted by atomic mass is 35.5. The van der Waals surface area contributed by atoms with Gasteiger partial charge in [-0.15, -0.1) is 0 Å². The van der Waals surface area contributed by atoms with Crippen LogP contribution >= 0.6 is 11.6 Å². The van der Waals surface area contributed by atoms with Crippen molar-refractivity contribution in [2.75, 3.05) is 6.54 Å². The second-order valence-corrected chi connectivity index (χ2v) is 5.83. The zero-order chi connectivity index (χ0) is 16.3. The maximum absolute atomic E-state index is 12.2. The van der Waals surface area contributed by atoms with E-state index in [2.05, 4.69) is 10.6 Å². The largest absolute Gasteiger partial charge is 0.480 e. The van der Waals surface area contributed by atoms with Crippen LogP contribution in [0.3, 0.4) is 0 Å². The van der Waals surface area contributed by atoms with Crippen molar-refractivity contribution in [3.05, 3.63) is 34.3 Å². The minimum atomic E-state index is -1.16. The van der Waals surface area contributed by atoms with E-state index >= 15 is 0 Å². The van der Waals surface area contributed by atoms with Crippen LogP contribution in [0.5, 0.6) is 0 Å². The van der Waals surface area contributed by atoms with Crippen LogP contribution < -0.4 is 10.6 Å². The van der Waals surface area contributed by atoms with Crippen LogP contribution in [-0.4, -0.2) is 35.5 Å². The molecule has 0 bridgehead atoms. The maximum Gasteiger partial charge on any atom is 0.326 e. The number of benzene rings is 1. The summed E-state index contributed by atoms with van der Waals surface area (Å²) in [7, 11) is 0. The van der Waals surface area contributed by atoms with Gasteiger partial charge in [0.15, 0.2) is 0 Å². The van der Waals surface area contributed by atoms with Crippen molar-refractivity contribution in [3.63, 3.8) is 0 Å². The van der Waals surface area contributed by atoms with Crippen molar-refractivity contribution in [1.29, 1.82) is 0 Å². The third-order valence-electron chi connectivity index (χ3n) is 3.59. The molecule has 0 radical (unpaired) electrons. The summed E-state index contributed by atoms with van der Waals surface area (Å²) in [4.78, 5) is 35.1. The predicted molar refractivity (Wildman–Crippen MR) is 80.8 cm³/mol. The van der Waals surface area contributed by atoms with Crippen LogP contribution in [0.2, 0.25) is 5.02 Å². The fourth-order valence-electron chi connectivity index (χ4n) is 2.48. The standard InChI is InChI=1S/C15H17ClN2O4/c1-8-4-10(6-11(16)5-8)14(20)18-12(15(21)22)7-9-2-3-17-13(9)19/h4-6,9,12H,2-3,7H2,1H3,(H,17,19)(H,18,20)(H,21,22)/t9-,12-/m0/s1. The Balaban J connectivity index is 2.08. The molecular formula is C15H17ClN2O4. The molecule has 2 amide bonds. The molecule has 1 aromatic carbocycles. The highest BCUT2D eigenvalue weighted by molar-refractivity contribution is 6.31. The minimum absolute atomic E-state index is 0.0758. The first kappa shape index (κ1) is 16.3. The summed E-state index contributed by atoms with van der Waals surface area (Å²) in [5, 5.41) is 14.8. The number of aliphatic carboxylic acids is 1. The normalized spacial score (nSPS) is 18.6. The van der Waals surface area contributed by atoms with E-state index in [0.29, 0.717) is 23.6 Å². The van der Waals surface area contributed by atoms with Gasteiger partial charge in [-0.25, -0.2) is 4.79 Å². The summed E-state index contributed by atoms with van der Waals surface area (Å²) >= 11 is 5.90. The van der Waals surface area contributed by atoms with Gasteiger partial charge in [0.25, 0.3) is 5.91 Å². The van der Waals surface area contributed by atoms with Crippen molar-refractivity contribution in [2.45, 2.75) is 25.8 Å². The Kier molecular flexibility index (Phi) is 5.03. The first-order chi connectivity index (χ1) is 10.4. The maximum atomic E-state index is 12.2. The fraction of sp³-hybridized carbons (Fsp3) is 0.400. The topological polar surface area (TPSA) is 95.5 Å². The molecule has 0 aliphatic carbocycles. The lowest BCUT2D eigenvalue weighted by molar-refractivity contribution is -0.139. The lowest BCUT2D eigenvalue weighted by atomic mass is 9.98. The van der Waals surface area contributed by atoms with Crippen LogP contribution in [-0.2, 0) is 9.59 Å². The second kappa shape index (κ2) is 6.79. The van der Waals surface area contributed by atoms with Gasteiger partial charge in [0.2, 0.25) is 5.91 Å². The summed E-state index contributed by atoms with van der Waals surface area (Å²) in [6, 6.07) is 3.70. The SMILES string of the molecule is Cc1cc(Cl)cc(C(=O)N[C@@H](C[C@@H]2CCNC2=O)C(=O)O)c1. The van der Waals surface area contributed by atoms with Crippen LogP contribution in [0, 0.1) is 12.8 Å². The Bertz CT molecular complexity index is 597. The second-order valence-electron chi connectivity index (χ2n) is 5.39. The van der Waals surface area contributed by atoms with E-state index in [4.69, 9.17) is 11.6 Å². The molecule has 118 valence electrons. The van der Waals surface area contributed by atoms with Gasteiger partial charge in [0.05, 0.1) is 0 Å². The molecular weight excluding hydrogens is 308 g/mol. The zero-order valence-corrected chi connectivity index (χ0v) is 12.8. The number of amides is 2. The Morgan fingerprint density at radius 1 is 1.45 bits per heavy atom. The summed E-state index contributed by atoms with van der Waals surface area (Å²) in [6.07, 6.45) is 0.654. The van der Waals surface area contributed by atoms with Crippen molar-refractivity contribution >= 4 is 29.4 Å². The molecule has 1 fully saturated rings. The van der Waals surface area contributed by atoms with Gasteiger partial charge in [-0.05, 0) is 43.5 Å². The first-order valence-electron chi connectivity index (χ1n) is 6.95. The van der Waals surface area contributed by atoms with Gasteiger partial charge >= 0.3 is 5.97 Å². The highest BCUT2D eigenvalue weighted by Crippen LogP contribution is 2.18. The van der Waals surface area contributed by atoms with Gasteiger partial charge in [-0.2, -0.15) is 0 Å². The number of carbonyl (C=O) groups excluding carboxylic acids is 2. The Hall–Kier alpha value is -2.08. The monoisotopic (exact) mass is 324 g/mol. The molecule has 1 saturated heterocycles.